The van der Waals surface area contributed by atoms with E-state index in [1.165, 1.54) is 13.4 Å². The van der Waals surface area contributed by atoms with Gasteiger partial charge in [-0.2, -0.15) is 0 Å². The Labute approximate surface area is 75.9 Å². The zero-order valence-corrected chi connectivity index (χ0v) is 7.30. The molecule has 13 heavy (non-hydrogen) atoms. The number of aliphatic hydroxyl groups is 1. The molecule has 0 aromatic heterocycles. The number of carbonyl (C=O) groups is 1. The lowest BCUT2D eigenvalue weighted by Crippen LogP contribution is -2.21. The Morgan fingerprint density at radius 1 is 1.62 bits per heavy atom. The topological polar surface area (TPSA) is 65.0 Å². The van der Waals surface area contributed by atoms with E-state index in [-0.39, 0.29) is 6.61 Å². The molecule has 5 nitrogen and oxygen atoms in total. The number of rotatable bonds is 4. The summed E-state index contributed by atoms with van der Waals surface area (Å²) in [5.41, 5.74) is 0. The molecule has 0 radical (unpaired) electrons. The van der Waals surface area contributed by atoms with Crippen LogP contribution >= 0.6 is 0 Å². The van der Waals surface area contributed by atoms with Crippen LogP contribution in [0.2, 0.25) is 0 Å². The molecule has 0 bridgehead atoms. The van der Waals surface area contributed by atoms with Crippen LogP contribution in [0.15, 0.2) is 12.3 Å². The second-order valence-electron chi connectivity index (χ2n) is 2.57. The van der Waals surface area contributed by atoms with E-state index in [9.17, 15) is 4.79 Å². The van der Waals surface area contributed by atoms with Crippen LogP contribution in [-0.2, 0) is 14.2 Å². The van der Waals surface area contributed by atoms with Gasteiger partial charge >= 0.3 is 6.16 Å². The van der Waals surface area contributed by atoms with E-state index in [4.69, 9.17) is 14.6 Å². The first-order chi connectivity index (χ1) is 6.27. The standard InChI is InChI=1S/C8H12O5/c1-11-5-3-7-6(2-4-9)12-8(10)13-7/h3,5-7,9H,2,4H2,1H3/b5-3-. The van der Waals surface area contributed by atoms with Crippen LogP contribution in [0, 0.1) is 0 Å². The highest BCUT2D eigenvalue weighted by atomic mass is 16.8. The average Bonchev–Trinajstić information content (AvgIpc) is 2.44. The summed E-state index contributed by atoms with van der Waals surface area (Å²) in [5, 5.41) is 8.65. The van der Waals surface area contributed by atoms with Crippen molar-refractivity contribution >= 4 is 6.16 Å². The summed E-state index contributed by atoms with van der Waals surface area (Å²) < 4.78 is 14.2. The molecule has 1 heterocycles. The van der Waals surface area contributed by atoms with Gasteiger partial charge in [0.1, 0.15) is 6.10 Å². The van der Waals surface area contributed by atoms with Crippen LogP contribution < -0.4 is 0 Å². The SMILES string of the molecule is CO/C=C\C1OC(=O)OC1CCO. The highest BCUT2D eigenvalue weighted by molar-refractivity contribution is 5.62. The van der Waals surface area contributed by atoms with Crippen molar-refractivity contribution in [3.63, 3.8) is 0 Å². The van der Waals surface area contributed by atoms with Gasteiger partial charge in [0, 0.05) is 13.0 Å². The van der Waals surface area contributed by atoms with E-state index in [1.807, 2.05) is 0 Å². The highest BCUT2D eigenvalue weighted by Crippen LogP contribution is 2.18. The van der Waals surface area contributed by atoms with Crippen molar-refractivity contribution in [2.24, 2.45) is 0 Å². The van der Waals surface area contributed by atoms with Crippen molar-refractivity contribution in [1.82, 2.24) is 0 Å². The Morgan fingerprint density at radius 3 is 3.00 bits per heavy atom. The Balaban J connectivity index is 2.49. The molecule has 5 heteroatoms. The predicted molar refractivity (Wildman–Crippen MR) is 43.0 cm³/mol. The molecule has 0 aromatic carbocycles. The van der Waals surface area contributed by atoms with Crippen LogP contribution in [0.4, 0.5) is 4.79 Å². The molecule has 2 unspecified atom stereocenters. The molecule has 0 aliphatic carbocycles. The molecule has 1 fully saturated rings. The lowest BCUT2D eigenvalue weighted by molar-refractivity contribution is 0.109. The van der Waals surface area contributed by atoms with Crippen LogP contribution in [0.5, 0.6) is 0 Å². The van der Waals surface area contributed by atoms with Crippen molar-refractivity contribution < 1.29 is 24.1 Å². The van der Waals surface area contributed by atoms with E-state index in [0.717, 1.165) is 0 Å². The lowest BCUT2D eigenvalue weighted by Gasteiger charge is -2.09. The molecule has 0 spiro atoms. The average molecular weight is 188 g/mol. The van der Waals surface area contributed by atoms with E-state index < -0.39 is 18.4 Å². The van der Waals surface area contributed by atoms with E-state index in [1.54, 1.807) is 6.08 Å². The summed E-state index contributed by atoms with van der Waals surface area (Å²) in [6.45, 7) is -0.0430. The number of aliphatic hydroxyl groups excluding tert-OH is 1. The lowest BCUT2D eigenvalue weighted by atomic mass is 10.1. The van der Waals surface area contributed by atoms with Gasteiger partial charge in [0.15, 0.2) is 6.10 Å². The number of methoxy groups -OCH3 is 1. The molecule has 0 aromatic rings. The van der Waals surface area contributed by atoms with E-state index in [2.05, 4.69) is 4.74 Å². The van der Waals surface area contributed by atoms with Crippen molar-refractivity contribution in [3.05, 3.63) is 12.3 Å². The Hall–Kier alpha value is -1.23. The minimum atomic E-state index is -0.704. The van der Waals surface area contributed by atoms with Gasteiger partial charge in [0.2, 0.25) is 0 Å². The molecule has 74 valence electrons. The van der Waals surface area contributed by atoms with Crippen LogP contribution in [0.25, 0.3) is 0 Å². The van der Waals surface area contributed by atoms with Gasteiger partial charge in [-0.25, -0.2) is 4.79 Å². The summed E-state index contributed by atoms with van der Waals surface area (Å²) in [7, 11) is 1.50. The van der Waals surface area contributed by atoms with Gasteiger partial charge in [-0.05, 0) is 6.08 Å². The third-order valence-electron chi connectivity index (χ3n) is 1.66. The Bertz CT molecular complexity index is 201. The number of cyclic esters (lactones) is 2. The molecular weight excluding hydrogens is 176 g/mol. The molecular formula is C8H12O5. The van der Waals surface area contributed by atoms with Crippen molar-refractivity contribution in [2.75, 3.05) is 13.7 Å². The quantitative estimate of drug-likeness (QED) is 0.512. The zero-order chi connectivity index (χ0) is 9.68. The minimum absolute atomic E-state index is 0.0430. The summed E-state index contributed by atoms with van der Waals surface area (Å²) in [4.78, 5) is 10.7. The number of hydrogen-bond acceptors (Lipinski definition) is 5. The number of carbonyl (C=O) groups excluding carboxylic acids is 1. The van der Waals surface area contributed by atoms with Crippen molar-refractivity contribution in [3.8, 4) is 0 Å². The monoisotopic (exact) mass is 188 g/mol. The predicted octanol–water partition coefficient (Wildman–Crippen LogP) is 0.433. The van der Waals surface area contributed by atoms with Crippen molar-refractivity contribution in [1.29, 1.82) is 0 Å². The minimum Gasteiger partial charge on any atom is -0.505 e. The first-order valence-corrected chi connectivity index (χ1v) is 3.95. The second-order valence-corrected chi connectivity index (χ2v) is 2.57. The summed E-state index contributed by atoms with van der Waals surface area (Å²) in [6.07, 6.45) is 1.78. The number of hydrogen-bond donors (Lipinski definition) is 1. The molecule has 1 saturated heterocycles. The van der Waals surface area contributed by atoms with Gasteiger partial charge in [-0.1, -0.05) is 0 Å². The fraction of sp³-hybridized carbons (Fsp3) is 0.625. The van der Waals surface area contributed by atoms with E-state index in [0.29, 0.717) is 6.42 Å². The first kappa shape index (κ1) is 9.85. The van der Waals surface area contributed by atoms with Crippen LogP contribution in [0.1, 0.15) is 6.42 Å². The smallest absolute Gasteiger partial charge is 0.505 e. The third-order valence-corrected chi connectivity index (χ3v) is 1.66. The second kappa shape index (κ2) is 4.71. The highest BCUT2D eigenvalue weighted by Gasteiger charge is 2.34. The maximum absolute atomic E-state index is 10.7. The van der Waals surface area contributed by atoms with Gasteiger partial charge < -0.3 is 19.3 Å². The normalized spacial score (nSPS) is 27.4. The van der Waals surface area contributed by atoms with Crippen molar-refractivity contribution in [2.45, 2.75) is 18.6 Å². The molecule has 0 saturated carbocycles. The fourth-order valence-corrected chi connectivity index (χ4v) is 1.08. The van der Waals surface area contributed by atoms with Crippen LogP contribution in [-0.4, -0.2) is 37.2 Å². The van der Waals surface area contributed by atoms with Gasteiger partial charge in [0.05, 0.1) is 13.4 Å². The fourth-order valence-electron chi connectivity index (χ4n) is 1.08. The first-order valence-electron chi connectivity index (χ1n) is 3.95. The largest absolute Gasteiger partial charge is 0.509 e. The van der Waals surface area contributed by atoms with Gasteiger partial charge in [-0.3, -0.25) is 0 Å². The van der Waals surface area contributed by atoms with Gasteiger partial charge in [-0.15, -0.1) is 0 Å². The summed E-state index contributed by atoms with van der Waals surface area (Å²) in [5.74, 6) is 0. The maximum Gasteiger partial charge on any atom is 0.509 e. The Kier molecular flexibility index (Phi) is 3.57. The molecule has 1 N–H and O–H groups in total. The number of ether oxygens (including phenoxy) is 3. The molecule has 1 aliphatic heterocycles. The van der Waals surface area contributed by atoms with Crippen LogP contribution in [0.3, 0.4) is 0 Å². The molecule has 1 rings (SSSR count). The summed E-state index contributed by atoms with van der Waals surface area (Å²) >= 11 is 0. The molecule has 2 atom stereocenters. The van der Waals surface area contributed by atoms with Gasteiger partial charge in [0.25, 0.3) is 0 Å². The summed E-state index contributed by atoms with van der Waals surface area (Å²) in [6, 6.07) is 0. The third kappa shape index (κ3) is 2.62. The molecule has 0 amide bonds. The maximum atomic E-state index is 10.7. The van der Waals surface area contributed by atoms with E-state index >= 15 is 0 Å². The Morgan fingerprint density at radius 2 is 2.38 bits per heavy atom. The molecule has 1 aliphatic rings. The zero-order valence-electron chi connectivity index (χ0n) is 7.30.